The lowest BCUT2D eigenvalue weighted by Crippen LogP contribution is -2.05. The highest BCUT2D eigenvalue weighted by atomic mass is 79.9. The molecule has 0 bridgehead atoms. The van der Waals surface area contributed by atoms with Gasteiger partial charge in [0, 0.05) is 16.6 Å². The van der Waals surface area contributed by atoms with Gasteiger partial charge in [-0.2, -0.15) is 0 Å². The Hall–Kier alpha value is -1.68. The highest BCUT2D eigenvalue weighted by molar-refractivity contribution is 9.15. The lowest BCUT2D eigenvalue weighted by Gasteiger charge is -2.09. The summed E-state index contributed by atoms with van der Waals surface area (Å²) in [6.07, 6.45) is 4.60. The Bertz CT molecular complexity index is 593. The summed E-state index contributed by atoms with van der Waals surface area (Å²) >= 11 is 3.51. The molecule has 0 spiro atoms. The molecule has 2 aromatic rings. The van der Waals surface area contributed by atoms with Crippen LogP contribution in [-0.4, -0.2) is 9.97 Å². The molecule has 0 radical (unpaired) electrons. The molecule has 0 unspecified atom stereocenters. The van der Waals surface area contributed by atoms with Crippen LogP contribution in [0.5, 0.6) is 0 Å². The van der Waals surface area contributed by atoms with Crippen LogP contribution in [0, 0.1) is 0 Å². The molecule has 1 aliphatic rings. The van der Waals surface area contributed by atoms with Gasteiger partial charge in [-0.05, 0) is 27.9 Å². The third-order valence-electron chi connectivity index (χ3n) is 2.96. The van der Waals surface area contributed by atoms with Crippen LogP contribution in [0.25, 0.3) is 4.48 Å². The first-order valence-corrected chi connectivity index (χ1v) is 6.61. The Morgan fingerprint density at radius 1 is 1.17 bits per heavy atom. The Morgan fingerprint density at radius 2 is 2.00 bits per heavy atom. The summed E-state index contributed by atoms with van der Waals surface area (Å²) in [4.78, 5) is 8.61. The van der Waals surface area contributed by atoms with E-state index < -0.39 is 0 Å². The molecule has 0 saturated heterocycles. The van der Waals surface area contributed by atoms with Crippen LogP contribution in [0.3, 0.4) is 0 Å². The minimum atomic E-state index is 0.780. The van der Waals surface area contributed by atoms with Crippen LogP contribution in [0.1, 0.15) is 16.8 Å². The van der Waals surface area contributed by atoms with Crippen molar-refractivity contribution in [3.63, 3.8) is 0 Å². The molecule has 0 atom stereocenters. The SMILES string of the molecule is BrC1=CCc2c(NCc3ccccc3)ncnc21. The molecule has 3 rings (SSSR count). The number of aromatic nitrogens is 2. The van der Waals surface area contributed by atoms with E-state index in [1.165, 1.54) is 11.1 Å². The fourth-order valence-corrected chi connectivity index (χ4v) is 2.54. The second-order valence-corrected chi connectivity index (χ2v) is 5.00. The van der Waals surface area contributed by atoms with E-state index in [-0.39, 0.29) is 0 Å². The number of nitrogens with one attached hydrogen (secondary N) is 1. The molecule has 0 fully saturated rings. The van der Waals surface area contributed by atoms with Crippen molar-refractivity contribution in [2.75, 3.05) is 5.32 Å². The van der Waals surface area contributed by atoms with Gasteiger partial charge in [-0.1, -0.05) is 36.4 Å². The smallest absolute Gasteiger partial charge is 0.133 e. The predicted molar refractivity (Wildman–Crippen MR) is 76.4 cm³/mol. The van der Waals surface area contributed by atoms with Crippen molar-refractivity contribution in [3.05, 3.63) is 59.6 Å². The second-order valence-electron chi connectivity index (χ2n) is 4.14. The van der Waals surface area contributed by atoms with E-state index >= 15 is 0 Å². The van der Waals surface area contributed by atoms with E-state index in [9.17, 15) is 0 Å². The zero-order chi connectivity index (χ0) is 12.4. The Kier molecular flexibility index (Phi) is 3.11. The maximum atomic E-state index is 4.32. The van der Waals surface area contributed by atoms with Gasteiger partial charge in [0.15, 0.2) is 0 Å². The highest BCUT2D eigenvalue weighted by Gasteiger charge is 2.17. The third-order valence-corrected chi connectivity index (χ3v) is 3.66. The number of hydrogen-bond donors (Lipinski definition) is 1. The fourth-order valence-electron chi connectivity index (χ4n) is 2.03. The van der Waals surface area contributed by atoms with E-state index in [2.05, 4.69) is 49.4 Å². The van der Waals surface area contributed by atoms with Crippen LogP contribution in [0.4, 0.5) is 5.82 Å². The van der Waals surface area contributed by atoms with Crippen molar-refractivity contribution < 1.29 is 0 Å². The maximum Gasteiger partial charge on any atom is 0.133 e. The number of rotatable bonds is 3. The van der Waals surface area contributed by atoms with Gasteiger partial charge in [0.05, 0.1) is 5.69 Å². The van der Waals surface area contributed by atoms with Crippen LogP contribution < -0.4 is 5.32 Å². The molecule has 1 aromatic heterocycles. The molecule has 1 aliphatic carbocycles. The van der Waals surface area contributed by atoms with E-state index in [0.29, 0.717) is 0 Å². The number of fused-ring (bicyclic) bond motifs is 1. The van der Waals surface area contributed by atoms with E-state index in [0.717, 1.165) is 29.0 Å². The van der Waals surface area contributed by atoms with Gasteiger partial charge >= 0.3 is 0 Å². The Morgan fingerprint density at radius 3 is 2.83 bits per heavy atom. The lowest BCUT2D eigenvalue weighted by molar-refractivity contribution is 1.04. The Balaban J connectivity index is 1.79. The zero-order valence-corrected chi connectivity index (χ0v) is 11.3. The first-order valence-electron chi connectivity index (χ1n) is 5.82. The molecular formula is C14H12BrN3. The van der Waals surface area contributed by atoms with Crippen molar-refractivity contribution in [2.24, 2.45) is 0 Å². The average Bonchev–Trinajstić information content (AvgIpc) is 2.80. The van der Waals surface area contributed by atoms with E-state index in [1.807, 2.05) is 18.2 Å². The molecule has 3 nitrogen and oxygen atoms in total. The number of benzene rings is 1. The molecule has 4 heteroatoms. The normalized spacial score (nSPS) is 13.1. The fraction of sp³-hybridized carbons (Fsp3) is 0.143. The number of nitrogens with zero attached hydrogens (tertiary/aromatic N) is 2. The number of halogens is 1. The summed E-state index contributed by atoms with van der Waals surface area (Å²) < 4.78 is 1.06. The molecule has 0 aliphatic heterocycles. The summed E-state index contributed by atoms with van der Waals surface area (Å²) in [6.45, 7) is 0.780. The van der Waals surface area contributed by atoms with E-state index in [1.54, 1.807) is 6.33 Å². The van der Waals surface area contributed by atoms with Gasteiger partial charge in [0.1, 0.15) is 12.1 Å². The molecule has 90 valence electrons. The first-order chi connectivity index (χ1) is 8.84. The number of anilines is 1. The largest absolute Gasteiger partial charge is 0.366 e. The van der Waals surface area contributed by atoms with Crippen molar-refractivity contribution >= 4 is 26.2 Å². The van der Waals surface area contributed by atoms with Gasteiger partial charge in [-0.3, -0.25) is 0 Å². The molecule has 1 aromatic carbocycles. The third kappa shape index (κ3) is 2.16. The summed E-state index contributed by atoms with van der Waals surface area (Å²) in [6, 6.07) is 10.3. The first kappa shape index (κ1) is 11.4. The van der Waals surface area contributed by atoms with Crippen LogP contribution in [0.2, 0.25) is 0 Å². The van der Waals surface area contributed by atoms with Crippen molar-refractivity contribution in [3.8, 4) is 0 Å². The number of allylic oxidation sites excluding steroid dienone is 1. The quantitative estimate of drug-likeness (QED) is 0.944. The highest BCUT2D eigenvalue weighted by Crippen LogP contribution is 2.33. The van der Waals surface area contributed by atoms with Gasteiger partial charge in [-0.15, -0.1) is 0 Å². The average molecular weight is 302 g/mol. The second kappa shape index (κ2) is 4.90. The van der Waals surface area contributed by atoms with Crippen LogP contribution in [0.15, 0.2) is 42.7 Å². The molecule has 1 heterocycles. The van der Waals surface area contributed by atoms with Crippen LogP contribution >= 0.6 is 15.9 Å². The summed E-state index contributed by atoms with van der Waals surface area (Å²) in [5, 5.41) is 3.38. The lowest BCUT2D eigenvalue weighted by atomic mass is 10.2. The summed E-state index contributed by atoms with van der Waals surface area (Å²) in [5.41, 5.74) is 3.41. The Labute approximate surface area is 114 Å². The minimum Gasteiger partial charge on any atom is -0.366 e. The van der Waals surface area contributed by atoms with Gasteiger partial charge in [-0.25, -0.2) is 9.97 Å². The van der Waals surface area contributed by atoms with Gasteiger partial charge in [0.25, 0.3) is 0 Å². The van der Waals surface area contributed by atoms with Crippen molar-refractivity contribution in [2.45, 2.75) is 13.0 Å². The molecular weight excluding hydrogens is 290 g/mol. The monoisotopic (exact) mass is 301 g/mol. The topological polar surface area (TPSA) is 37.8 Å². The standard InChI is InChI=1S/C14H12BrN3/c15-12-7-6-11-13(12)17-9-18-14(11)16-8-10-4-2-1-3-5-10/h1-5,7,9H,6,8H2,(H,16,17,18). The zero-order valence-electron chi connectivity index (χ0n) is 9.73. The van der Waals surface area contributed by atoms with Crippen LogP contribution in [-0.2, 0) is 13.0 Å². The van der Waals surface area contributed by atoms with Gasteiger partial charge in [0.2, 0.25) is 0 Å². The minimum absolute atomic E-state index is 0.780. The maximum absolute atomic E-state index is 4.32. The molecule has 0 saturated carbocycles. The van der Waals surface area contributed by atoms with Crippen molar-refractivity contribution in [1.82, 2.24) is 9.97 Å². The van der Waals surface area contributed by atoms with E-state index in [4.69, 9.17) is 0 Å². The number of hydrogen-bond acceptors (Lipinski definition) is 3. The predicted octanol–water partition coefficient (Wildman–Crippen LogP) is 3.38. The summed E-state index contributed by atoms with van der Waals surface area (Å²) in [5.74, 6) is 0.926. The summed E-state index contributed by atoms with van der Waals surface area (Å²) in [7, 11) is 0. The molecule has 18 heavy (non-hydrogen) atoms. The molecule has 0 amide bonds. The van der Waals surface area contributed by atoms with Gasteiger partial charge < -0.3 is 5.32 Å². The van der Waals surface area contributed by atoms with Crippen molar-refractivity contribution in [1.29, 1.82) is 0 Å². The molecule has 1 N–H and O–H groups in total.